The van der Waals surface area contributed by atoms with Crippen molar-refractivity contribution in [1.29, 1.82) is 0 Å². The second-order valence-electron chi connectivity index (χ2n) is 8.53. The molecule has 0 aromatic heterocycles. The molecule has 174 valence electrons. The molecule has 2 aromatic carbocycles. The summed E-state index contributed by atoms with van der Waals surface area (Å²) in [5.74, 6) is -2.59. The SMILES string of the molecule is O=C(c1c(F)cccc1F)N1CCN(S(=O)(=O)c2cc3c4c(c2)CCC(=O)N4CCC3)CC1. The molecule has 3 aliphatic rings. The van der Waals surface area contributed by atoms with E-state index in [1.54, 1.807) is 17.0 Å². The van der Waals surface area contributed by atoms with E-state index < -0.39 is 33.1 Å². The second kappa shape index (κ2) is 8.18. The second-order valence-corrected chi connectivity index (χ2v) is 10.5. The van der Waals surface area contributed by atoms with E-state index in [4.69, 9.17) is 0 Å². The highest BCUT2D eigenvalue weighted by molar-refractivity contribution is 7.89. The Morgan fingerprint density at radius 3 is 2.18 bits per heavy atom. The summed E-state index contributed by atoms with van der Waals surface area (Å²) in [7, 11) is -3.82. The molecule has 7 nitrogen and oxygen atoms in total. The first-order valence-corrected chi connectivity index (χ1v) is 12.4. The number of hydrogen-bond acceptors (Lipinski definition) is 4. The largest absolute Gasteiger partial charge is 0.336 e. The maximum atomic E-state index is 14.0. The number of benzene rings is 2. The van der Waals surface area contributed by atoms with Gasteiger partial charge in [0.1, 0.15) is 17.2 Å². The summed E-state index contributed by atoms with van der Waals surface area (Å²) in [4.78, 5) is 28.1. The van der Waals surface area contributed by atoms with Crippen molar-refractivity contribution in [2.24, 2.45) is 0 Å². The lowest BCUT2D eigenvalue weighted by Gasteiger charge is -2.37. The minimum atomic E-state index is -3.82. The lowest BCUT2D eigenvalue weighted by molar-refractivity contribution is -0.119. The summed E-state index contributed by atoms with van der Waals surface area (Å²) < 4.78 is 56.0. The summed E-state index contributed by atoms with van der Waals surface area (Å²) in [5, 5.41) is 0. The number of anilines is 1. The molecule has 0 saturated carbocycles. The monoisotopic (exact) mass is 475 g/mol. The highest BCUT2D eigenvalue weighted by atomic mass is 32.2. The number of hydrogen-bond donors (Lipinski definition) is 0. The quantitative estimate of drug-likeness (QED) is 0.683. The van der Waals surface area contributed by atoms with E-state index in [9.17, 15) is 26.8 Å². The zero-order valence-electron chi connectivity index (χ0n) is 17.9. The van der Waals surface area contributed by atoms with Crippen molar-refractivity contribution in [1.82, 2.24) is 9.21 Å². The van der Waals surface area contributed by atoms with Crippen LogP contribution < -0.4 is 4.90 Å². The molecular weight excluding hydrogens is 452 g/mol. The van der Waals surface area contributed by atoms with Crippen molar-refractivity contribution in [2.75, 3.05) is 37.6 Å². The number of carbonyl (C=O) groups is 2. The Morgan fingerprint density at radius 2 is 1.52 bits per heavy atom. The smallest absolute Gasteiger partial charge is 0.259 e. The van der Waals surface area contributed by atoms with E-state index in [1.807, 2.05) is 0 Å². The fourth-order valence-electron chi connectivity index (χ4n) is 4.91. The molecule has 0 spiro atoms. The van der Waals surface area contributed by atoms with Crippen molar-refractivity contribution in [3.05, 3.63) is 58.7 Å². The van der Waals surface area contributed by atoms with Gasteiger partial charge in [0.15, 0.2) is 0 Å². The molecule has 2 aromatic rings. The van der Waals surface area contributed by atoms with Crippen LogP contribution in [0.5, 0.6) is 0 Å². The number of aryl methyl sites for hydroxylation is 2. The zero-order chi connectivity index (χ0) is 23.3. The van der Waals surface area contributed by atoms with E-state index in [1.165, 1.54) is 15.3 Å². The van der Waals surface area contributed by atoms with Crippen LogP contribution >= 0.6 is 0 Å². The third-order valence-electron chi connectivity index (χ3n) is 6.59. The number of carbonyl (C=O) groups excluding carboxylic acids is 2. The Morgan fingerprint density at radius 1 is 0.879 bits per heavy atom. The summed E-state index contributed by atoms with van der Waals surface area (Å²) in [6, 6.07) is 6.55. The summed E-state index contributed by atoms with van der Waals surface area (Å²) in [5.41, 5.74) is 1.98. The van der Waals surface area contributed by atoms with Gasteiger partial charge in [0, 0.05) is 39.1 Å². The minimum absolute atomic E-state index is 0.0289. The normalized spacial score (nSPS) is 18.9. The van der Waals surface area contributed by atoms with E-state index in [0.717, 1.165) is 35.4 Å². The van der Waals surface area contributed by atoms with Gasteiger partial charge in [0.05, 0.1) is 10.6 Å². The highest BCUT2D eigenvalue weighted by Gasteiger charge is 2.35. The molecule has 1 fully saturated rings. The van der Waals surface area contributed by atoms with Crippen molar-refractivity contribution < 1.29 is 26.8 Å². The van der Waals surface area contributed by atoms with Crippen LogP contribution in [0.2, 0.25) is 0 Å². The minimum Gasteiger partial charge on any atom is -0.336 e. The van der Waals surface area contributed by atoms with Gasteiger partial charge < -0.3 is 9.80 Å². The summed E-state index contributed by atoms with van der Waals surface area (Å²) in [6.07, 6.45) is 2.38. The number of halogens is 2. The van der Waals surface area contributed by atoms with Crippen molar-refractivity contribution in [2.45, 2.75) is 30.6 Å². The number of sulfonamides is 1. The molecule has 0 aliphatic carbocycles. The number of piperazine rings is 1. The van der Waals surface area contributed by atoms with Gasteiger partial charge >= 0.3 is 0 Å². The average Bonchev–Trinajstić information content (AvgIpc) is 2.81. The van der Waals surface area contributed by atoms with Crippen LogP contribution in [-0.2, 0) is 27.7 Å². The molecule has 33 heavy (non-hydrogen) atoms. The Balaban J connectivity index is 1.36. The molecular formula is C23H23F2N3O4S. The van der Waals surface area contributed by atoms with Gasteiger partial charge in [-0.1, -0.05) is 6.07 Å². The maximum absolute atomic E-state index is 14.0. The van der Waals surface area contributed by atoms with Gasteiger partial charge in [-0.3, -0.25) is 9.59 Å². The van der Waals surface area contributed by atoms with Crippen LogP contribution in [0, 0.1) is 11.6 Å². The lowest BCUT2D eigenvalue weighted by Crippen LogP contribution is -2.50. The van der Waals surface area contributed by atoms with Crippen molar-refractivity contribution >= 4 is 27.5 Å². The van der Waals surface area contributed by atoms with E-state index >= 15 is 0 Å². The predicted molar refractivity (Wildman–Crippen MR) is 116 cm³/mol. The van der Waals surface area contributed by atoms with Crippen LogP contribution in [0.4, 0.5) is 14.5 Å². The van der Waals surface area contributed by atoms with Crippen LogP contribution in [0.15, 0.2) is 35.2 Å². The average molecular weight is 476 g/mol. The molecule has 0 N–H and O–H groups in total. The van der Waals surface area contributed by atoms with Crippen LogP contribution in [0.3, 0.4) is 0 Å². The third-order valence-corrected chi connectivity index (χ3v) is 8.46. The first-order valence-electron chi connectivity index (χ1n) is 11.0. The van der Waals surface area contributed by atoms with Gasteiger partial charge in [-0.05, 0) is 54.7 Å². The summed E-state index contributed by atoms with van der Waals surface area (Å²) in [6.45, 7) is 0.781. The standard InChI is InChI=1S/C23H23F2N3O4S/c24-18-4-1-5-19(25)21(18)23(30)26-9-11-27(12-10-26)33(31,32)17-13-15-3-2-8-28-20(29)7-6-16(14-17)22(15)28/h1,4-5,13-14H,2-3,6-12H2. The van der Waals surface area contributed by atoms with Crippen LogP contribution in [0.1, 0.15) is 34.3 Å². The highest BCUT2D eigenvalue weighted by Crippen LogP contribution is 2.38. The molecule has 2 amide bonds. The molecule has 0 radical (unpaired) electrons. The molecule has 0 bridgehead atoms. The fraction of sp³-hybridized carbons (Fsp3) is 0.391. The van der Waals surface area contributed by atoms with Crippen molar-refractivity contribution in [3.63, 3.8) is 0 Å². The van der Waals surface area contributed by atoms with Crippen molar-refractivity contribution in [3.8, 4) is 0 Å². The fourth-order valence-corrected chi connectivity index (χ4v) is 6.44. The van der Waals surface area contributed by atoms with Gasteiger partial charge in [-0.2, -0.15) is 4.31 Å². The zero-order valence-corrected chi connectivity index (χ0v) is 18.7. The van der Waals surface area contributed by atoms with Gasteiger partial charge in [0.25, 0.3) is 5.91 Å². The van der Waals surface area contributed by atoms with Gasteiger partial charge in [0.2, 0.25) is 15.9 Å². The molecule has 1 saturated heterocycles. The molecule has 3 heterocycles. The number of amides is 2. The van der Waals surface area contributed by atoms with Gasteiger partial charge in [-0.15, -0.1) is 0 Å². The topological polar surface area (TPSA) is 78.0 Å². The molecule has 5 rings (SSSR count). The van der Waals surface area contributed by atoms with E-state index in [0.29, 0.717) is 25.8 Å². The van der Waals surface area contributed by atoms with Crippen LogP contribution in [-0.4, -0.2) is 62.2 Å². The Labute approximate surface area is 190 Å². The predicted octanol–water partition coefficient (Wildman–Crippen LogP) is 2.34. The number of rotatable bonds is 3. The third kappa shape index (κ3) is 3.71. The van der Waals surface area contributed by atoms with E-state index in [-0.39, 0.29) is 37.0 Å². The summed E-state index contributed by atoms with van der Waals surface area (Å²) >= 11 is 0. The van der Waals surface area contributed by atoms with Crippen LogP contribution in [0.25, 0.3) is 0 Å². The molecule has 10 heteroatoms. The first kappa shape index (κ1) is 22.0. The van der Waals surface area contributed by atoms with Gasteiger partial charge in [-0.25, -0.2) is 17.2 Å². The Bertz CT molecular complexity index is 1220. The first-order chi connectivity index (χ1) is 15.8. The molecule has 0 atom stereocenters. The Hall–Kier alpha value is -2.85. The molecule has 0 unspecified atom stereocenters. The lowest BCUT2D eigenvalue weighted by atomic mass is 9.92. The van der Waals surface area contributed by atoms with E-state index in [2.05, 4.69) is 0 Å². The maximum Gasteiger partial charge on any atom is 0.259 e. The molecule has 3 aliphatic heterocycles. The number of nitrogens with zero attached hydrogens (tertiary/aromatic N) is 3. The Kier molecular flexibility index (Phi) is 5.44.